The normalized spacial score (nSPS) is 49.3. The summed E-state index contributed by atoms with van der Waals surface area (Å²) >= 11 is 0. The number of rotatable bonds is 4. The molecule has 3 aliphatic rings. The van der Waals surface area contributed by atoms with Crippen LogP contribution in [0.2, 0.25) is 0 Å². The fraction of sp³-hybridized carbons (Fsp3) is 1.00. The van der Waals surface area contributed by atoms with Gasteiger partial charge in [0, 0.05) is 0 Å². The molecule has 0 aromatic rings. The highest BCUT2D eigenvalue weighted by molar-refractivity contribution is 5.07. The molecule has 2 bridgehead atoms. The van der Waals surface area contributed by atoms with Crippen molar-refractivity contribution in [3.63, 3.8) is 0 Å². The van der Waals surface area contributed by atoms with Gasteiger partial charge in [-0.05, 0) is 73.0 Å². The lowest BCUT2D eigenvalue weighted by Crippen LogP contribution is -2.28. The summed E-state index contributed by atoms with van der Waals surface area (Å²) < 4.78 is 0. The zero-order valence-corrected chi connectivity index (χ0v) is 12.9. The molecule has 104 valence electrons. The summed E-state index contributed by atoms with van der Waals surface area (Å²) in [4.78, 5) is 0. The fourth-order valence-corrected chi connectivity index (χ4v) is 6.11. The van der Waals surface area contributed by atoms with E-state index in [-0.39, 0.29) is 0 Å². The average Bonchev–Trinajstić information content (AvgIpc) is 3.07. The van der Waals surface area contributed by atoms with Crippen LogP contribution in [0.3, 0.4) is 0 Å². The molecule has 0 nitrogen and oxygen atoms in total. The first kappa shape index (κ1) is 13.0. The van der Waals surface area contributed by atoms with Crippen LogP contribution < -0.4 is 0 Å². The molecule has 0 N–H and O–H groups in total. The minimum atomic E-state index is 0.978. The van der Waals surface area contributed by atoms with Gasteiger partial charge in [0.2, 0.25) is 0 Å². The molecule has 8 atom stereocenters. The van der Waals surface area contributed by atoms with Gasteiger partial charge in [-0.25, -0.2) is 0 Å². The number of hydrogen-bond donors (Lipinski definition) is 0. The predicted octanol–water partition coefficient (Wildman–Crippen LogP) is 5.38. The van der Waals surface area contributed by atoms with Crippen molar-refractivity contribution in [1.82, 2.24) is 0 Å². The van der Waals surface area contributed by atoms with E-state index in [0.717, 1.165) is 47.3 Å². The third kappa shape index (κ3) is 1.78. The lowest BCUT2D eigenvalue weighted by molar-refractivity contribution is 0.145. The van der Waals surface area contributed by atoms with Crippen LogP contribution in [0.1, 0.15) is 66.2 Å². The molecule has 3 fully saturated rings. The van der Waals surface area contributed by atoms with Gasteiger partial charge in [0.15, 0.2) is 0 Å². The zero-order chi connectivity index (χ0) is 12.9. The van der Waals surface area contributed by atoms with Crippen LogP contribution in [-0.2, 0) is 0 Å². The van der Waals surface area contributed by atoms with Crippen LogP contribution in [0.4, 0.5) is 0 Å². The van der Waals surface area contributed by atoms with Gasteiger partial charge in [0.25, 0.3) is 0 Å². The lowest BCUT2D eigenvalue weighted by Gasteiger charge is -2.34. The van der Waals surface area contributed by atoms with Gasteiger partial charge in [-0.1, -0.05) is 40.5 Å². The van der Waals surface area contributed by atoms with Gasteiger partial charge < -0.3 is 0 Å². The maximum atomic E-state index is 2.53. The smallest absolute Gasteiger partial charge is 0.0321 e. The van der Waals surface area contributed by atoms with E-state index in [2.05, 4.69) is 27.7 Å². The molecular weight excluding hydrogens is 216 g/mol. The van der Waals surface area contributed by atoms with E-state index in [1.54, 1.807) is 25.7 Å². The van der Waals surface area contributed by atoms with Crippen molar-refractivity contribution >= 4 is 0 Å². The summed E-state index contributed by atoms with van der Waals surface area (Å²) in [6, 6.07) is 0. The Morgan fingerprint density at radius 1 is 0.778 bits per heavy atom. The van der Waals surface area contributed by atoms with Crippen LogP contribution >= 0.6 is 0 Å². The maximum absolute atomic E-state index is 2.53. The van der Waals surface area contributed by atoms with Crippen molar-refractivity contribution < 1.29 is 0 Å². The van der Waals surface area contributed by atoms with Crippen LogP contribution in [0.5, 0.6) is 0 Å². The molecule has 3 saturated carbocycles. The quantitative estimate of drug-likeness (QED) is 0.627. The first-order valence-electron chi connectivity index (χ1n) is 8.67. The molecule has 0 heterocycles. The molecule has 3 aliphatic carbocycles. The second kappa shape index (κ2) is 4.84. The van der Waals surface area contributed by atoms with Gasteiger partial charge in [-0.2, -0.15) is 0 Å². The van der Waals surface area contributed by atoms with E-state index in [4.69, 9.17) is 0 Å². The summed E-state index contributed by atoms with van der Waals surface area (Å²) in [5.74, 6) is 8.65. The van der Waals surface area contributed by atoms with Crippen molar-refractivity contribution in [3.05, 3.63) is 0 Å². The fourth-order valence-electron chi connectivity index (χ4n) is 6.11. The van der Waals surface area contributed by atoms with Gasteiger partial charge in [-0.3, -0.25) is 0 Å². The van der Waals surface area contributed by atoms with E-state index in [1.807, 2.05) is 0 Å². The summed E-state index contributed by atoms with van der Waals surface area (Å²) in [7, 11) is 0. The second-order valence-corrected chi connectivity index (χ2v) is 7.82. The highest BCUT2D eigenvalue weighted by Gasteiger charge is 2.58. The molecule has 0 aliphatic heterocycles. The molecule has 0 heteroatoms. The Bertz CT molecular complexity index is 266. The largest absolute Gasteiger partial charge is 0.0651 e. The Kier molecular flexibility index (Phi) is 3.49. The molecular formula is C18H32. The van der Waals surface area contributed by atoms with Crippen LogP contribution in [0, 0.1) is 47.3 Å². The van der Waals surface area contributed by atoms with Crippen molar-refractivity contribution in [1.29, 1.82) is 0 Å². The molecule has 0 amide bonds. The first-order valence-corrected chi connectivity index (χ1v) is 8.67. The summed E-state index contributed by atoms with van der Waals surface area (Å²) in [5, 5.41) is 0. The maximum Gasteiger partial charge on any atom is -0.0321 e. The minimum Gasteiger partial charge on any atom is -0.0651 e. The molecule has 0 spiro atoms. The SMILES string of the molecule is CCC(C)C1CC(C(C)CC)C2C3CCC(C3)C12. The van der Waals surface area contributed by atoms with Crippen molar-refractivity contribution in [2.24, 2.45) is 47.3 Å². The van der Waals surface area contributed by atoms with Gasteiger partial charge in [-0.15, -0.1) is 0 Å². The van der Waals surface area contributed by atoms with E-state index in [9.17, 15) is 0 Å². The first-order chi connectivity index (χ1) is 8.67. The van der Waals surface area contributed by atoms with E-state index >= 15 is 0 Å². The average molecular weight is 248 g/mol. The zero-order valence-electron chi connectivity index (χ0n) is 12.9. The predicted molar refractivity (Wildman–Crippen MR) is 78.3 cm³/mol. The highest BCUT2D eigenvalue weighted by atomic mass is 14.6. The Labute approximate surface area is 114 Å². The van der Waals surface area contributed by atoms with Crippen LogP contribution in [0.25, 0.3) is 0 Å². The topological polar surface area (TPSA) is 0 Å². The van der Waals surface area contributed by atoms with Crippen molar-refractivity contribution in [3.8, 4) is 0 Å². The van der Waals surface area contributed by atoms with Crippen molar-refractivity contribution in [2.45, 2.75) is 66.2 Å². The lowest BCUT2D eigenvalue weighted by atomic mass is 9.71. The number of hydrogen-bond acceptors (Lipinski definition) is 0. The molecule has 0 saturated heterocycles. The van der Waals surface area contributed by atoms with E-state index in [1.165, 1.54) is 12.8 Å². The highest BCUT2D eigenvalue weighted by Crippen LogP contribution is 2.65. The standard InChI is InChI=1S/C18H32/c1-5-11(3)15-10-16(12(4)6-2)18-14-8-7-13(9-14)17(15)18/h11-18H,5-10H2,1-4H3. The molecule has 0 aromatic heterocycles. The Morgan fingerprint density at radius 3 is 1.61 bits per heavy atom. The van der Waals surface area contributed by atoms with E-state index in [0.29, 0.717) is 0 Å². The molecule has 8 unspecified atom stereocenters. The third-order valence-corrected chi connectivity index (χ3v) is 7.33. The minimum absolute atomic E-state index is 0.978. The Morgan fingerprint density at radius 2 is 1.22 bits per heavy atom. The van der Waals surface area contributed by atoms with Gasteiger partial charge in [0.1, 0.15) is 0 Å². The summed E-state index contributed by atoms with van der Waals surface area (Å²) in [5.41, 5.74) is 0. The summed E-state index contributed by atoms with van der Waals surface area (Å²) in [6.45, 7) is 9.88. The summed E-state index contributed by atoms with van der Waals surface area (Å²) in [6.07, 6.45) is 9.14. The molecule has 0 aromatic carbocycles. The second-order valence-electron chi connectivity index (χ2n) is 7.82. The van der Waals surface area contributed by atoms with E-state index < -0.39 is 0 Å². The molecule has 18 heavy (non-hydrogen) atoms. The van der Waals surface area contributed by atoms with Gasteiger partial charge in [0.05, 0.1) is 0 Å². The number of fused-ring (bicyclic) bond motifs is 5. The van der Waals surface area contributed by atoms with Crippen molar-refractivity contribution in [2.75, 3.05) is 0 Å². The third-order valence-electron chi connectivity index (χ3n) is 7.33. The monoisotopic (exact) mass is 248 g/mol. The molecule has 3 rings (SSSR count). The Hall–Kier alpha value is 0. The van der Waals surface area contributed by atoms with Crippen LogP contribution in [-0.4, -0.2) is 0 Å². The van der Waals surface area contributed by atoms with Gasteiger partial charge >= 0.3 is 0 Å². The molecule has 0 radical (unpaired) electrons. The van der Waals surface area contributed by atoms with Crippen LogP contribution in [0.15, 0.2) is 0 Å². The Balaban J connectivity index is 1.84.